The van der Waals surface area contributed by atoms with Crippen molar-refractivity contribution in [1.29, 1.82) is 0 Å². The van der Waals surface area contributed by atoms with E-state index in [1.807, 2.05) is 0 Å². The lowest BCUT2D eigenvalue weighted by Gasteiger charge is -2.00. The van der Waals surface area contributed by atoms with Crippen LogP contribution in [0.3, 0.4) is 0 Å². The number of epoxide rings is 1. The predicted octanol–water partition coefficient (Wildman–Crippen LogP) is 5.32. The van der Waals surface area contributed by atoms with Gasteiger partial charge in [0.2, 0.25) is 0 Å². The monoisotopic (exact) mass is 322 g/mol. The summed E-state index contributed by atoms with van der Waals surface area (Å²) < 4.78 is 5.43. The van der Waals surface area contributed by atoms with Crippen molar-refractivity contribution in [2.75, 3.05) is 0 Å². The quantitative estimate of drug-likeness (QED) is 0.267. The average molecular weight is 322 g/mol. The van der Waals surface area contributed by atoms with Gasteiger partial charge in [0.1, 0.15) is 6.10 Å². The molecule has 1 saturated heterocycles. The first-order valence-corrected chi connectivity index (χ1v) is 9.59. The van der Waals surface area contributed by atoms with Crippen molar-refractivity contribution in [2.45, 2.75) is 109 Å². The van der Waals surface area contributed by atoms with Crippen molar-refractivity contribution in [1.82, 2.24) is 0 Å². The van der Waals surface area contributed by atoms with Crippen LogP contribution >= 0.6 is 0 Å². The highest BCUT2D eigenvalue weighted by atomic mass is 16.6. The fourth-order valence-electron chi connectivity index (χ4n) is 2.82. The molecule has 0 spiro atoms. The molecule has 1 unspecified atom stereocenters. The number of carboxylic acids is 1. The summed E-state index contributed by atoms with van der Waals surface area (Å²) in [6, 6.07) is 0. The standard InChI is InChI=1S/C20H34O3/c1-2-3-4-5-6-7-8-9-10-11-12-13-15-18-19(23-18)16-14-17-20(21)22/h18-19H,2-12,14,16-17H2,1H3,(H,21,22)/t18?,19-/m0/s1. The molecular formula is C20H34O3. The number of rotatable bonds is 14. The zero-order valence-electron chi connectivity index (χ0n) is 14.8. The summed E-state index contributed by atoms with van der Waals surface area (Å²) in [5.41, 5.74) is 0. The van der Waals surface area contributed by atoms with Gasteiger partial charge < -0.3 is 9.84 Å². The topological polar surface area (TPSA) is 49.8 Å². The maximum Gasteiger partial charge on any atom is 0.303 e. The number of hydrogen-bond donors (Lipinski definition) is 1. The van der Waals surface area contributed by atoms with Crippen LogP contribution < -0.4 is 0 Å². The smallest absolute Gasteiger partial charge is 0.303 e. The Morgan fingerprint density at radius 1 is 0.957 bits per heavy atom. The van der Waals surface area contributed by atoms with E-state index in [0.29, 0.717) is 6.42 Å². The highest BCUT2D eigenvalue weighted by Gasteiger charge is 2.36. The first-order chi connectivity index (χ1) is 11.2. The van der Waals surface area contributed by atoms with E-state index in [9.17, 15) is 4.79 Å². The number of ether oxygens (including phenoxy) is 1. The number of carboxylic acid groups (broad SMARTS) is 1. The summed E-state index contributed by atoms with van der Waals surface area (Å²) in [6.45, 7) is 2.26. The van der Waals surface area contributed by atoms with Crippen molar-refractivity contribution in [3.63, 3.8) is 0 Å². The van der Waals surface area contributed by atoms with Gasteiger partial charge in [-0.05, 0) is 19.3 Å². The van der Waals surface area contributed by atoms with Gasteiger partial charge in [-0.2, -0.15) is 0 Å². The van der Waals surface area contributed by atoms with Gasteiger partial charge in [-0.25, -0.2) is 0 Å². The summed E-state index contributed by atoms with van der Waals surface area (Å²) in [7, 11) is 0. The molecular weight excluding hydrogens is 288 g/mol. The van der Waals surface area contributed by atoms with Gasteiger partial charge in [-0.3, -0.25) is 4.79 Å². The van der Waals surface area contributed by atoms with Gasteiger partial charge in [-0.15, -0.1) is 5.92 Å². The van der Waals surface area contributed by atoms with E-state index in [1.54, 1.807) is 0 Å². The number of hydrogen-bond acceptors (Lipinski definition) is 2. The maximum atomic E-state index is 10.4. The summed E-state index contributed by atoms with van der Waals surface area (Å²) in [5.74, 6) is 5.64. The van der Waals surface area contributed by atoms with E-state index in [1.165, 1.54) is 64.2 Å². The van der Waals surface area contributed by atoms with Crippen LogP contribution in [0, 0.1) is 11.8 Å². The molecule has 0 saturated carbocycles. The fraction of sp³-hybridized carbons (Fsp3) is 0.850. The third-order valence-electron chi connectivity index (χ3n) is 4.36. The van der Waals surface area contributed by atoms with Crippen LogP contribution in [0.4, 0.5) is 0 Å². The largest absolute Gasteiger partial charge is 0.481 e. The Labute approximate surface area is 142 Å². The highest BCUT2D eigenvalue weighted by Crippen LogP contribution is 2.26. The third-order valence-corrected chi connectivity index (χ3v) is 4.36. The minimum atomic E-state index is -0.728. The molecule has 0 aromatic heterocycles. The molecule has 23 heavy (non-hydrogen) atoms. The Kier molecular flexibility index (Phi) is 11.7. The van der Waals surface area contributed by atoms with Crippen molar-refractivity contribution in [2.24, 2.45) is 0 Å². The van der Waals surface area contributed by atoms with E-state index in [-0.39, 0.29) is 18.6 Å². The number of carbonyl (C=O) groups is 1. The molecule has 3 heteroatoms. The Balaban J connectivity index is 1.81. The molecule has 2 atom stereocenters. The van der Waals surface area contributed by atoms with Gasteiger partial charge in [-0.1, -0.05) is 70.6 Å². The van der Waals surface area contributed by atoms with Crippen molar-refractivity contribution in [3.05, 3.63) is 0 Å². The molecule has 1 heterocycles. The lowest BCUT2D eigenvalue weighted by atomic mass is 10.1. The summed E-state index contributed by atoms with van der Waals surface area (Å²) in [6.07, 6.45) is 16.5. The van der Waals surface area contributed by atoms with E-state index in [4.69, 9.17) is 9.84 Å². The van der Waals surface area contributed by atoms with E-state index >= 15 is 0 Å². The zero-order chi connectivity index (χ0) is 16.8. The second-order valence-corrected chi connectivity index (χ2v) is 6.63. The molecule has 1 N–H and O–H groups in total. The van der Waals surface area contributed by atoms with Crippen LogP contribution in [0.25, 0.3) is 0 Å². The van der Waals surface area contributed by atoms with Gasteiger partial charge in [0.25, 0.3) is 0 Å². The molecule has 0 amide bonds. The Morgan fingerprint density at radius 2 is 1.57 bits per heavy atom. The molecule has 132 valence electrons. The molecule has 1 rings (SSSR count). The Hall–Kier alpha value is -1.01. The number of unbranched alkanes of at least 4 members (excludes halogenated alkanes) is 10. The zero-order valence-corrected chi connectivity index (χ0v) is 14.8. The number of aliphatic carboxylic acids is 1. The van der Waals surface area contributed by atoms with Crippen LogP contribution in [-0.4, -0.2) is 23.3 Å². The minimum Gasteiger partial charge on any atom is -0.481 e. The van der Waals surface area contributed by atoms with Crippen LogP contribution in [0.5, 0.6) is 0 Å². The van der Waals surface area contributed by atoms with Crippen molar-refractivity contribution in [3.8, 4) is 11.8 Å². The van der Waals surface area contributed by atoms with Crippen LogP contribution in [0.15, 0.2) is 0 Å². The predicted molar refractivity (Wildman–Crippen MR) is 94.4 cm³/mol. The summed E-state index contributed by atoms with van der Waals surface area (Å²) in [4.78, 5) is 10.4. The molecule has 0 aromatic rings. The molecule has 0 aromatic carbocycles. The SMILES string of the molecule is CCCCCCCCCCCCC#CC1O[C@H]1CCCC(=O)O. The molecule has 0 bridgehead atoms. The van der Waals surface area contributed by atoms with Gasteiger partial charge in [0.05, 0.1) is 6.10 Å². The van der Waals surface area contributed by atoms with E-state index < -0.39 is 5.97 Å². The molecule has 0 aliphatic carbocycles. The van der Waals surface area contributed by atoms with Crippen LogP contribution in [-0.2, 0) is 9.53 Å². The fourth-order valence-corrected chi connectivity index (χ4v) is 2.82. The third kappa shape index (κ3) is 12.1. The first kappa shape index (κ1) is 20.0. The lowest BCUT2D eigenvalue weighted by Crippen LogP contribution is -1.97. The lowest BCUT2D eigenvalue weighted by molar-refractivity contribution is -0.137. The molecule has 1 fully saturated rings. The normalized spacial score (nSPS) is 19.2. The summed E-state index contributed by atoms with van der Waals surface area (Å²) in [5, 5.41) is 8.57. The summed E-state index contributed by atoms with van der Waals surface area (Å²) >= 11 is 0. The second-order valence-electron chi connectivity index (χ2n) is 6.63. The van der Waals surface area contributed by atoms with Gasteiger partial charge in [0, 0.05) is 12.8 Å². The Morgan fingerprint density at radius 3 is 2.17 bits per heavy atom. The van der Waals surface area contributed by atoms with Gasteiger partial charge in [0.15, 0.2) is 0 Å². The highest BCUT2D eigenvalue weighted by molar-refractivity contribution is 5.66. The Bertz CT molecular complexity index is 367. The average Bonchev–Trinajstić information content (AvgIpc) is 3.26. The maximum absolute atomic E-state index is 10.4. The van der Waals surface area contributed by atoms with E-state index in [0.717, 1.165) is 12.8 Å². The molecule has 3 nitrogen and oxygen atoms in total. The van der Waals surface area contributed by atoms with Crippen molar-refractivity contribution >= 4 is 5.97 Å². The van der Waals surface area contributed by atoms with Crippen molar-refractivity contribution < 1.29 is 14.6 Å². The minimum absolute atomic E-state index is 0.0758. The molecule has 0 radical (unpaired) electrons. The van der Waals surface area contributed by atoms with E-state index in [2.05, 4.69) is 18.8 Å². The molecule has 1 aliphatic rings. The first-order valence-electron chi connectivity index (χ1n) is 9.59. The van der Waals surface area contributed by atoms with Crippen LogP contribution in [0.1, 0.15) is 96.8 Å². The van der Waals surface area contributed by atoms with Gasteiger partial charge >= 0.3 is 5.97 Å². The molecule has 1 aliphatic heterocycles. The van der Waals surface area contributed by atoms with Crippen LogP contribution in [0.2, 0.25) is 0 Å². The second kappa shape index (κ2) is 13.4.